The first-order valence-corrected chi connectivity index (χ1v) is 26.1. The van der Waals surface area contributed by atoms with E-state index >= 15 is 0 Å². The molecule has 0 heterocycles. The Kier molecular flexibility index (Phi) is 54.7. The van der Waals surface area contributed by atoms with E-state index in [0.29, 0.717) is 126 Å². The summed E-state index contributed by atoms with van der Waals surface area (Å²) >= 11 is 0. The van der Waals surface area contributed by atoms with Gasteiger partial charge in [0.15, 0.2) is 0 Å². The molecule has 0 bridgehead atoms. The Morgan fingerprint density at radius 2 is 0.403 bits per heavy atom. The van der Waals surface area contributed by atoms with Crippen LogP contribution in [-0.4, -0.2) is 163 Å². The lowest BCUT2D eigenvalue weighted by molar-refractivity contribution is -0.0269. The van der Waals surface area contributed by atoms with Crippen molar-refractivity contribution in [3.05, 3.63) is 0 Å². The van der Waals surface area contributed by atoms with E-state index in [-0.39, 0.29) is 26.4 Å². The number of phosphoric ester groups is 1. The van der Waals surface area contributed by atoms with E-state index in [1.54, 1.807) is 0 Å². The molecule has 0 amide bonds. The topological polar surface area (TPSA) is 157 Å². The fourth-order valence-corrected chi connectivity index (χ4v) is 6.71. The summed E-state index contributed by atoms with van der Waals surface area (Å²) in [5, 5.41) is 0. The summed E-state index contributed by atoms with van der Waals surface area (Å²) in [7, 11) is -4.13. The summed E-state index contributed by atoms with van der Waals surface area (Å²) in [4.78, 5) is 9.77. The standard InChI is InChI=1S/C46H95O15P/c1-3-5-7-9-11-13-15-17-19-21-23-49-25-26-51-27-28-52-29-30-53-31-32-54-33-34-55-35-36-56-37-38-57-39-40-58-41-42-59-44-46-61-62(47,48)60-45-43-50-24-22-20-18-16-14-12-10-8-6-4-2/h3-46H2,1-2H3,(H,47,48). The number of unbranched alkanes of at least 4 members (excludes halogenated alkanes) is 18. The van der Waals surface area contributed by atoms with Crippen LogP contribution in [-0.2, 0) is 65.7 Å². The van der Waals surface area contributed by atoms with Crippen LogP contribution in [0.3, 0.4) is 0 Å². The lowest BCUT2D eigenvalue weighted by atomic mass is 10.1. The molecule has 1 N–H and O–H groups in total. The van der Waals surface area contributed by atoms with Crippen LogP contribution in [0.2, 0.25) is 0 Å². The Morgan fingerprint density at radius 1 is 0.242 bits per heavy atom. The van der Waals surface area contributed by atoms with Crippen molar-refractivity contribution < 1.29 is 70.6 Å². The lowest BCUT2D eigenvalue weighted by Gasteiger charge is -2.12. The van der Waals surface area contributed by atoms with Crippen LogP contribution in [0.25, 0.3) is 0 Å². The van der Waals surface area contributed by atoms with Gasteiger partial charge in [-0.1, -0.05) is 129 Å². The molecule has 0 rings (SSSR count). The van der Waals surface area contributed by atoms with Crippen molar-refractivity contribution in [2.45, 2.75) is 142 Å². The number of hydrogen-bond acceptors (Lipinski definition) is 14. The van der Waals surface area contributed by atoms with Crippen molar-refractivity contribution >= 4 is 7.82 Å². The summed E-state index contributed by atoms with van der Waals surface area (Å²) in [5.41, 5.74) is 0. The molecule has 1 atom stereocenters. The highest BCUT2D eigenvalue weighted by Crippen LogP contribution is 2.42. The van der Waals surface area contributed by atoms with Gasteiger partial charge < -0.3 is 57.0 Å². The van der Waals surface area contributed by atoms with E-state index in [4.69, 9.17) is 61.2 Å². The Morgan fingerprint density at radius 3 is 0.613 bits per heavy atom. The molecule has 0 aromatic rings. The zero-order chi connectivity index (χ0) is 44.8. The normalized spacial score (nSPS) is 12.8. The minimum atomic E-state index is -4.13. The van der Waals surface area contributed by atoms with Crippen molar-refractivity contribution in [2.75, 3.05) is 159 Å². The van der Waals surface area contributed by atoms with Crippen molar-refractivity contribution in [1.82, 2.24) is 0 Å². The molecular formula is C46H95O15P. The van der Waals surface area contributed by atoms with Gasteiger partial charge in [0.05, 0.1) is 145 Å². The third-order valence-corrected chi connectivity index (χ3v) is 10.6. The first-order valence-electron chi connectivity index (χ1n) is 24.6. The third-order valence-electron chi connectivity index (χ3n) is 9.60. The van der Waals surface area contributed by atoms with Crippen LogP contribution in [0, 0.1) is 0 Å². The molecule has 0 aliphatic carbocycles. The van der Waals surface area contributed by atoms with Crippen molar-refractivity contribution in [3.63, 3.8) is 0 Å². The number of phosphoric acid groups is 1. The molecule has 62 heavy (non-hydrogen) atoms. The van der Waals surface area contributed by atoms with E-state index in [2.05, 4.69) is 13.8 Å². The minimum absolute atomic E-state index is 0.00278. The second-order valence-electron chi connectivity index (χ2n) is 15.2. The monoisotopic (exact) mass is 919 g/mol. The lowest BCUT2D eigenvalue weighted by Crippen LogP contribution is -2.15. The molecule has 0 radical (unpaired) electrons. The van der Waals surface area contributed by atoms with Crippen LogP contribution in [0.15, 0.2) is 0 Å². The number of ether oxygens (including phenoxy) is 11. The predicted octanol–water partition coefficient (Wildman–Crippen LogP) is 9.14. The third kappa shape index (κ3) is 55.8. The van der Waals surface area contributed by atoms with Crippen molar-refractivity contribution in [2.24, 2.45) is 0 Å². The van der Waals surface area contributed by atoms with Crippen LogP contribution in [0.1, 0.15) is 142 Å². The average Bonchev–Trinajstić information content (AvgIpc) is 3.27. The molecule has 15 nitrogen and oxygen atoms in total. The van der Waals surface area contributed by atoms with E-state index in [1.165, 1.54) is 109 Å². The van der Waals surface area contributed by atoms with E-state index < -0.39 is 7.82 Å². The highest BCUT2D eigenvalue weighted by molar-refractivity contribution is 7.47. The number of hydrogen-bond donors (Lipinski definition) is 1. The first kappa shape index (κ1) is 61.7. The molecule has 0 aliphatic rings. The van der Waals surface area contributed by atoms with Crippen LogP contribution >= 0.6 is 7.82 Å². The average molecular weight is 919 g/mol. The summed E-state index contributed by atoms with van der Waals surface area (Å²) < 4.78 is 82.5. The Hall–Kier alpha value is -0.330. The van der Waals surface area contributed by atoms with Gasteiger partial charge >= 0.3 is 7.82 Å². The second-order valence-corrected chi connectivity index (χ2v) is 16.7. The van der Waals surface area contributed by atoms with Crippen molar-refractivity contribution in [3.8, 4) is 0 Å². The molecule has 0 saturated heterocycles. The molecule has 0 aromatic heterocycles. The second kappa shape index (κ2) is 55.0. The van der Waals surface area contributed by atoms with Crippen molar-refractivity contribution in [1.29, 1.82) is 0 Å². The summed E-state index contributed by atoms with van der Waals surface area (Å²) in [5.74, 6) is 0. The zero-order valence-corrected chi connectivity index (χ0v) is 40.6. The van der Waals surface area contributed by atoms with Crippen LogP contribution < -0.4 is 0 Å². The van der Waals surface area contributed by atoms with Gasteiger partial charge in [-0.3, -0.25) is 9.05 Å². The maximum atomic E-state index is 12.0. The largest absolute Gasteiger partial charge is 0.472 e. The molecule has 1 unspecified atom stereocenters. The fraction of sp³-hybridized carbons (Fsp3) is 1.00. The van der Waals surface area contributed by atoms with Gasteiger partial charge in [-0.2, -0.15) is 0 Å². The molecule has 0 aliphatic heterocycles. The quantitative estimate of drug-likeness (QED) is 0.0455. The van der Waals surface area contributed by atoms with Gasteiger partial charge in [-0.05, 0) is 12.8 Å². The van der Waals surface area contributed by atoms with Crippen LogP contribution in [0.5, 0.6) is 0 Å². The highest BCUT2D eigenvalue weighted by atomic mass is 31.2. The van der Waals surface area contributed by atoms with Gasteiger partial charge in [0.1, 0.15) is 0 Å². The summed E-state index contributed by atoms with van der Waals surface area (Å²) in [6.45, 7) is 15.2. The summed E-state index contributed by atoms with van der Waals surface area (Å²) in [6.07, 6.45) is 26.0. The fourth-order valence-electron chi connectivity index (χ4n) is 6.03. The molecule has 16 heteroatoms. The smallest absolute Gasteiger partial charge is 0.379 e. The SMILES string of the molecule is CCCCCCCCCCCCOCCOCCOCCOCCOCCOCCOCCOCCOCCOCCOP(=O)(O)OCCOCCCCCCCCCCCC. The Labute approximate surface area is 378 Å². The van der Waals surface area contributed by atoms with E-state index in [0.717, 1.165) is 25.9 Å². The Bertz CT molecular complexity index is 863. The van der Waals surface area contributed by atoms with Gasteiger partial charge in [-0.15, -0.1) is 0 Å². The summed E-state index contributed by atoms with van der Waals surface area (Å²) in [6, 6.07) is 0. The van der Waals surface area contributed by atoms with E-state index in [1.807, 2.05) is 0 Å². The first-order chi connectivity index (χ1) is 30.6. The Balaban J connectivity index is 3.18. The minimum Gasteiger partial charge on any atom is -0.379 e. The molecule has 374 valence electrons. The molecule has 0 spiro atoms. The van der Waals surface area contributed by atoms with Gasteiger partial charge in [-0.25, -0.2) is 4.57 Å². The number of rotatable bonds is 57. The van der Waals surface area contributed by atoms with Crippen LogP contribution in [0.4, 0.5) is 0 Å². The maximum Gasteiger partial charge on any atom is 0.472 e. The molecule has 0 aromatic carbocycles. The maximum absolute atomic E-state index is 12.0. The van der Waals surface area contributed by atoms with Gasteiger partial charge in [0, 0.05) is 13.2 Å². The van der Waals surface area contributed by atoms with Gasteiger partial charge in [0.2, 0.25) is 0 Å². The molecule has 0 fully saturated rings. The predicted molar refractivity (Wildman–Crippen MR) is 244 cm³/mol. The zero-order valence-electron chi connectivity index (χ0n) is 39.7. The molecule has 0 saturated carbocycles. The van der Waals surface area contributed by atoms with Gasteiger partial charge in [0.25, 0.3) is 0 Å². The molecular weight excluding hydrogens is 823 g/mol. The highest BCUT2D eigenvalue weighted by Gasteiger charge is 2.20. The van der Waals surface area contributed by atoms with E-state index in [9.17, 15) is 9.46 Å².